The summed E-state index contributed by atoms with van der Waals surface area (Å²) in [6.07, 6.45) is 0. The lowest BCUT2D eigenvalue weighted by molar-refractivity contribution is 0.415. The molecule has 0 aliphatic rings. The monoisotopic (exact) mass is 294 g/mol. The van der Waals surface area contributed by atoms with E-state index in [1.165, 1.54) is 0 Å². The Hall–Kier alpha value is -3.02. The maximum absolute atomic E-state index is 5.22. The number of nitrogens with one attached hydrogen (secondary N) is 2. The van der Waals surface area contributed by atoms with Crippen LogP contribution in [0, 0.1) is 0 Å². The summed E-state index contributed by atoms with van der Waals surface area (Å²) in [7, 11) is 3.28. The van der Waals surface area contributed by atoms with Crippen molar-refractivity contribution in [2.24, 2.45) is 0 Å². The van der Waals surface area contributed by atoms with Gasteiger partial charge < -0.3 is 19.4 Å². The van der Waals surface area contributed by atoms with Gasteiger partial charge in [0.2, 0.25) is 0 Å². The summed E-state index contributed by atoms with van der Waals surface area (Å²) in [6, 6.07) is 11.5. The molecular formula is C16H14N4O2. The lowest BCUT2D eigenvalue weighted by Crippen LogP contribution is -1.82. The molecule has 0 amide bonds. The fourth-order valence-corrected chi connectivity index (χ4v) is 2.45. The Morgan fingerprint density at radius 3 is 1.59 bits per heavy atom. The number of H-pyrrole nitrogens is 2. The van der Waals surface area contributed by atoms with Gasteiger partial charge in [0.1, 0.15) is 11.5 Å². The van der Waals surface area contributed by atoms with E-state index in [0.717, 1.165) is 33.6 Å². The topological polar surface area (TPSA) is 75.8 Å². The number of methoxy groups -OCH3 is 2. The fraction of sp³-hybridized carbons (Fsp3) is 0.125. The lowest BCUT2D eigenvalue weighted by Gasteiger charge is -1.96. The van der Waals surface area contributed by atoms with Gasteiger partial charge in [-0.15, -0.1) is 0 Å². The smallest absolute Gasteiger partial charge is 0.174 e. The molecule has 4 aromatic rings. The number of hydrogen-bond acceptors (Lipinski definition) is 4. The molecule has 0 saturated heterocycles. The standard InChI is InChI=1S/C16H14N4O2/c1-21-9-3-5-11-13(7-9)19-15(17-11)16-18-12-6-4-10(22-2)8-14(12)20-16/h3-8H,1-2H3,(H,17,19)(H,18,20). The second-order valence-electron chi connectivity index (χ2n) is 4.94. The zero-order chi connectivity index (χ0) is 15.1. The third kappa shape index (κ3) is 1.96. The molecule has 0 atom stereocenters. The Morgan fingerprint density at radius 1 is 0.727 bits per heavy atom. The van der Waals surface area contributed by atoms with Crippen LogP contribution >= 0.6 is 0 Å². The molecule has 4 rings (SSSR count). The van der Waals surface area contributed by atoms with Gasteiger partial charge in [0, 0.05) is 12.1 Å². The Kier molecular flexibility index (Phi) is 2.75. The third-order valence-corrected chi connectivity index (χ3v) is 3.60. The molecule has 0 unspecified atom stereocenters. The number of aromatic amines is 2. The number of benzene rings is 2. The number of imidazole rings is 2. The van der Waals surface area contributed by atoms with Gasteiger partial charge in [-0.2, -0.15) is 0 Å². The number of aromatic nitrogens is 4. The van der Waals surface area contributed by atoms with E-state index in [2.05, 4.69) is 19.9 Å². The molecule has 0 saturated carbocycles. The highest BCUT2D eigenvalue weighted by Gasteiger charge is 2.11. The summed E-state index contributed by atoms with van der Waals surface area (Å²) < 4.78 is 10.4. The molecule has 0 radical (unpaired) electrons. The molecule has 2 N–H and O–H groups in total. The van der Waals surface area contributed by atoms with Crippen molar-refractivity contribution < 1.29 is 9.47 Å². The predicted molar refractivity (Wildman–Crippen MR) is 84.3 cm³/mol. The third-order valence-electron chi connectivity index (χ3n) is 3.60. The van der Waals surface area contributed by atoms with Crippen LogP contribution in [-0.4, -0.2) is 34.2 Å². The minimum atomic E-state index is 0.693. The van der Waals surface area contributed by atoms with Crippen molar-refractivity contribution in [3.8, 4) is 23.1 Å². The normalized spacial score (nSPS) is 11.2. The summed E-state index contributed by atoms with van der Waals surface area (Å²) in [5.74, 6) is 2.94. The molecule has 2 aromatic heterocycles. The number of rotatable bonds is 3. The molecule has 0 fully saturated rings. The predicted octanol–water partition coefficient (Wildman–Crippen LogP) is 3.12. The minimum Gasteiger partial charge on any atom is -0.497 e. The van der Waals surface area contributed by atoms with Crippen LogP contribution in [0.3, 0.4) is 0 Å². The summed E-state index contributed by atoms with van der Waals surface area (Å²) in [6.45, 7) is 0. The number of nitrogens with zero attached hydrogens (tertiary/aromatic N) is 2. The second-order valence-corrected chi connectivity index (χ2v) is 4.94. The van der Waals surface area contributed by atoms with Crippen LogP contribution in [0.5, 0.6) is 11.5 Å². The van der Waals surface area contributed by atoms with Crippen LogP contribution in [-0.2, 0) is 0 Å². The second kappa shape index (κ2) is 4.77. The van der Waals surface area contributed by atoms with Crippen molar-refractivity contribution in [3.63, 3.8) is 0 Å². The number of fused-ring (bicyclic) bond motifs is 2. The van der Waals surface area contributed by atoms with E-state index in [4.69, 9.17) is 9.47 Å². The van der Waals surface area contributed by atoms with E-state index >= 15 is 0 Å². The van der Waals surface area contributed by atoms with Gasteiger partial charge in [-0.3, -0.25) is 0 Å². The average molecular weight is 294 g/mol. The summed E-state index contributed by atoms with van der Waals surface area (Å²) in [5, 5.41) is 0. The maximum atomic E-state index is 5.22. The summed E-state index contributed by atoms with van der Waals surface area (Å²) >= 11 is 0. The molecule has 0 aliphatic heterocycles. The van der Waals surface area contributed by atoms with Crippen molar-refractivity contribution in [2.45, 2.75) is 0 Å². The van der Waals surface area contributed by atoms with Gasteiger partial charge in [0.05, 0.1) is 36.3 Å². The Balaban J connectivity index is 1.83. The van der Waals surface area contributed by atoms with Crippen molar-refractivity contribution >= 4 is 22.1 Å². The molecule has 0 aliphatic carbocycles. The SMILES string of the molecule is COc1ccc2[nH]c(-c3nc4cc(OC)ccc4[nH]3)nc2c1. The van der Waals surface area contributed by atoms with E-state index in [-0.39, 0.29) is 0 Å². The Bertz CT molecular complexity index is 891. The van der Waals surface area contributed by atoms with Crippen LogP contribution in [0.1, 0.15) is 0 Å². The van der Waals surface area contributed by atoms with E-state index in [1.54, 1.807) is 14.2 Å². The highest BCUT2D eigenvalue weighted by Crippen LogP contribution is 2.25. The van der Waals surface area contributed by atoms with Gasteiger partial charge >= 0.3 is 0 Å². The van der Waals surface area contributed by atoms with E-state index in [9.17, 15) is 0 Å². The molecule has 22 heavy (non-hydrogen) atoms. The van der Waals surface area contributed by atoms with Crippen LogP contribution in [0.25, 0.3) is 33.7 Å². The molecular weight excluding hydrogens is 280 g/mol. The summed E-state index contributed by atoms with van der Waals surface area (Å²) in [4.78, 5) is 15.7. The maximum Gasteiger partial charge on any atom is 0.174 e. The zero-order valence-electron chi connectivity index (χ0n) is 12.2. The van der Waals surface area contributed by atoms with Crippen LogP contribution < -0.4 is 9.47 Å². The molecule has 2 heterocycles. The van der Waals surface area contributed by atoms with Crippen molar-refractivity contribution in [1.29, 1.82) is 0 Å². The van der Waals surface area contributed by atoms with Gasteiger partial charge in [-0.1, -0.05) is 0 Å². The highest BCUT2D eigenvalue weighted by molar-refractivity contribution is 5.83. The molecule has 2 aromatic carbocycles. The van der Waals surface area contributed by atoms with Gasteiger partial charge in [-0.25, -0.2) is 9.97 Å². The van der Waals surface area contributed by atoms with Crippen molar-refractivity contribution in [1.82, 2.24) is 19.9 Å². The van der Waals surface area contributed by atoms with Gasteiger partial charge in [0.25, 0.3) is 0 Å². The largest absolute Gasteiger partial charge is 0.497 e. The van der Waals surface area contributed by atoms with Crippen LogP contribution in [0.15, 0.2) is 36.4 Å². The number of hydrogen-bond donors (Lipinski definition) is 2. The minimum absolute atomic E-state index is 0.693. The highest BCUT2D eigenvalue weighted by atomic mass is 16.5. The summed E-state index contributed by atoms with van der Waals surface area (Å²) in [5.41, 5.74) is 3.56. The molecule has 0 spiro atoms. The first-order chi connectivity index (χ1) is 10.8. The lowest BCUT2D eigenvalue weighted by atomic mass is 10.3. The zero-order valence-corrected chi connectivity index (χ0v) is 12.2. The number of ether oxygens (including phenoxy) is 2. The van der Waals surface area contributed by atoms with E-state index in [0.29, 0.717) is 11.6 Å². The average Bonchev–Trinajstić information content (AvgIpc) is 3.16. The molecule has 110 valence electrons. The first-order valence-corrected chi connectivity index (χ1v) is 6.85. The van der Waals surface area contributed by atoms with Crippen LogP contribution in [0.4, 0.5) is 0 Å². The Labute approximate surface area is 126 Å². The quantitative estimate of drug-likeness (QED) is 0.608. The first kappa shape index (κ1) is 12.7. The van der Waals surface area contributed by atoms with Crippen molar-refractivity contribution in [2.75, 3.05) is 14.2 Å². The van der Waals surface area contributed by atoms with Gasteiger partial charge in [0.15, 0.2) is 11.6 Å². The van der Waals surface area contributed by atoms with Crippen molar-refractivity contribution in [3.05, 3.63) is 36.4 Å². The Morgan fingerprint density at radius 2 is 1.18 bits per heavy atom. The molecule has 6 heteroatoms. The van der Waals surface area contributed by atoms with E-state index in [1.807, 2.05) is 36.4 Å². The molecule has 0 bridgehead atoms. The van der Waals surface area contributed by atoms with Crippen LogP contribution in [0.2, 0.25) is 0 Å². The van der Waals surface area contributed by atoms with E-state index < -0.39 is 0 Å². The molecule has 6 nitrogen and oxygen atoms in total. The first-order valence-electron chi connectivity index (χ1n) is 6.85. The fourth-order valence-electron chi connectivity index (χ4n) is 2.45. The van der Waals surface area contributed by atoms with Gasteiger partial charge in [-0.05, 0) is 24.3 Å².